The van der Waals surface area contributed by atoms with E-state index in [1.807, 2.05) is 6.92 Å². The van der Waals surface area contributed by atoms with E-state index in [1.165, 1.54) is 6.07 Å². The highest BCUT2D eigenvalue weighted by Gasteiger charge is 2.13. The third kappa shape index (κ3) is 3.05. The summed E-state index contributed by atoms with van der Waals surface area (Å²) in [5, 5.41) is 14.9. The summed E-state index contributed by atoms with van der Waals surface area (Å²) in [6.07, 6.45) is 1.77. The van der Waals surface area contributed by atoms with Crippen molar-refractivity contribution in [2.24, 2.45) is 0 Å². The maximum Gasteiger partial charge on any atom is 0.292 e. The molecule has 0 aliphatic heterocycles. The summed E-state index contributed by atoms with van der Waals surface area (Å²) in [4.78, 5) is 15.7. The maximum atomic E-state index is 10.9. The first-order chi connectivity index (χ1) is 8.56. The topological polar surface area (TPSA) is 68.1 Å². The molecule has 0 atom stereocenters. The summed E-state index contributed by atoms with van der Waals surface area (Å²) in [6.45, 7) is 2.46. The van der Waals surface area contributed by atoms with Crippen LogP contribution >= 0.6 is 27.3 Å². The van der Waals surface area contributed by atoms with Crippen molar-refractivity contribution in [3.63, 3.8) is 0 Å². The molecule has 2 aromatic rings. The van der Waals surface area contributed by atoms with Crippen LogP contribution in [0.2, 0.25) is 0 Å². The molecule has 94 valence electrons. The fourth-order valence-electron chi connectivity index (χ4n) is 1.48. The summed E-state index contributed by atoms with van der Waals surface area (Å²) in [5.74, 6) is 0. The fraction of sp³-hybridized carbons (Fsp3) is 0.182. The first kappa shape index (κ1) is 13.0. The number of nitro groups is 1. The van der Waals surface area contributed by atoms with Crippen LogP contribution in [0.3, 0.4) is 0 Å². The van der Waals surface area contributed by atoms with Crippen LogP contribution < -0.4 is 5.32 Å². The lowest BCUT2D eigenvalue weighted by molar-refractivity contribution is -0.384. The third-order valence-corrected chi connectivity index (χ3v) is 3.68. The largest absolute Gasteiger partial charge is 0.375 e. The first-order valence-electron chi connectivity index (χ1n) is 5.15. The molecule has 1 aromatic heterocycles. The highest BCUT2D eigenvalue weighted by molar-refractivity contribution is 9.10. The van der Waals surface area contributed by atoms with Gasteiger partial charge in [-0.25, -0.2) is 4.98 Å². The number of aryl methyl sites for hydroxylation is 1. The van der Waals surface area contributed by atoms with Crippen LogP contribution in [0, 0.1) is 17.0 Å². The number of hydrogen-bond acceptors (Lipinski definition) is 5. The van der Waals surface area contributed by atoms with Crippen LogP contribution in [-0.4, -0.2) is 9.91 Å². The smallest absolute Gasteiger partial charge is 0.292 e. The van der Waals surface area contributed by atoms with Gasteiger partial charge >= 0.3 is 0 Å². The maximum absolute atomic E-state index is 10.9. The molecule has 1 heterocycles. The molecule has 1 N–H and O–H groups in total. The Kier molecular flexibility index (Phi) is 3.93. The van der Waals surface area contributed by atoms with Gasteiger partial charge in [0.05, 0.1) is 16.5 Å². The van der Waals surface area contributed by atoms with Gasteiger partial charge in [-0.2, -0.15) is 0 Å². The summed E-state index contributed by atoms with van der Waals surface area (Å²) in [6, 6.07) is 4.83. The fourth-order valence-corrected chi connectivity index (χ4v) is 2.57. The van der Waals surface area contributed by atoms with E-state index < -0.39 is 4.92 Å². The molecule has 0 aliphatic carbocycles. The van der Waals surface area contributed by atoms with E-state index >= 15 is 0 Å². The van der Waals surface area contributed by atoms with E-state index in [4.69, 9.17) is 0 Å². The van der Waals surface area contributed by atoms with Gasteiger partial charge in [0.25, 0.3) is 5.69 Å². The minimum atomic E-state index is -0.396. The predicted octanol–water partition coefficient (Wildman–Crippen LogP) is 3.73. The van der Waals surface area contributed by atoms with Crippen LogP contribution in [-0.2, 0) is 6.54 Å². The van der Waals surface area contributed by atoms with Gasteiger partial charge in [0, 0.05) is 21.6 Å². The van der Waals surface area contributed by atoms with Crippen LogP contribution in [0.5, 0.6) is 0 Å². The Labute approximate surface area is 116 Å². The number of nitrogens with zero attached hydrogens (tertiary/aromatic N) is 2. The Hall–Kier alpha value is -1.47. The van der Waals surface area contributed by atoms with Gasteiger partial charge in [0.15, 0.2) is 0 Å². The lowest BCUT2D eigenvalue weighted by atomic mass is 10.2. The molecule has 5 nitrogen and oxygen atoms in total. The van der Waals surface area contributed by atoms with Crippen molar-refractivity contribution in [3.8, 4) is 0 Å². The molecule has 0 saturated heterocycles. The SMILES string of the molecule is Cc1ncc(CNc2cc(Br)ccc2[N+](=O)[O-])s1. The molecule has 18 heavy (non-hydrogen) atoms. The number of halogens is 1. The zero-order valence-electron chi connectivity index (χ0n) is 9.51. The molecule has 0 radical (unpaired) electrons. The minimum absolute atomic E-state index is 0.0689. The van der Waals surface area contributed by atoms with E-state index in [0.29, 0.717) is 12.2 Å². The number of thiazole rings is 1. The number of rotatable bonds is 4. The van der Waals surface area contributed by atoms with Crippen molar-refractivity contribution in [2.45, 2.75) is 13.5 Å². The van der Waals surface area contributed by atoms with Gasteiger partial charge < -0.3 is 5.32 Å². The molecule has 0 bridgehead atoms. The second kappa shape index (κ2) is 5.45. The number of hydrogen-bond donors (Lipinski definition) is 1. The highest BCUT2D eigenvalue weighted by Crippen LogP contribution is 2.28. The van der Waals surface area contributed by atoms with Crippen LogP contribution in [0.15, 0.2) is 28.9 Å². The normalized spacial score (nSPS) is 10.3. The first-order valence-corrected chi connectivity index (χ1v) is 6.76. The molecule has 0 unspecified atom stereocenters. The summed E-state index contributed by atoms with van der Waals surface area (Å²) >= 11 is 4.87. The van der Waals surface area contributed by atoms with Gasteiger partial charge in [-0.05, 0) is 19.1 Å². The van der Waals surface area contributed by atoms with Gasteiger partial charge in [-0.15, -0.1) is 11.3 Å². The molecular formula is C11H10BrN3O2S. The van der Waals surface area contributed by atoms with Gasteiger partial charge in [0.2, 0.25) is 0 Å². The van der Waals surface area contributed by atoms with E-state index in [2.05, 4.69) is 26.2 Å². The second-order valence-corrected chi connectivity index (χ2v) is 5.85. The van der Waals surface area contributed by atoms with Crippen molar-refractivity contribution in [1.29, 1.82) is 0 Å². The molecule has 1 aromatic carbocycles. The summed E-state index contributed by atoms with van der Waals surface area (Å²) in [7, 11) is 0. The summed E-state index contributed by atoms with van der Waals surface area (Å²) < 4.78 is 0.802. The quantitative estimate of drug-likeness (QED) is 0.686. The summed E-state index contributed by atoms with van der Waals surface area (Å²) in [5.41, 5.74) is 0.569. The monoisotopic (exact) mass is 327 g/mol. The molecular weight excluding hydrogens is 318 g/mol. The van der Waals surface area contributed by atoms with E-state index in [0.717, 1.165) is 14.4 Å². The lowest BCUT2D eigenvalue weighted by Gasteiger charge is -2.05. The minimum Gasteiger partial charge on any atom is -0.375 e. The lowest BCUT2D eigenvalue weighted by Crippen LogP contribution is -2.01. The number of benzene rings is 1. The van der Waals surface area contributed by atoms with Crippen molar-refractivity contribution in [3.05, 3.63) is 48.9 Å². The van der Waals surface area contributed by atoms with Crippen molar-refractivity contribution >= 4 is 38.6 Å². The molecule has 0 fully saturated rings. The highest BCUT2D eigenvalue weighted by atomic mass is 79.9. The van der Waals surface area contributed by atoms with E-state index in [-0.39, 0.29) is 5.69 Å². The third-order valence-electron chi connectivity index (χ3n) is 2.28. The van der Waals surface area contributed by atoms with Gasteiger partial charge in [-0.3, -0.25) is 10.1 Å². The molecule has 0 spiro atoms. The number of nitro benzene ring substituents is 1. The number of aromatic nitrogens is 1. The molecule has 0 saturated carbocycles. The average molecular weight is 328 g/mol. The van der Waals surface area contributed by atoms with Gasteiger partial charge in [-0.1, -0.05) is 15.9 Å². The Balaban J connectivity index is 2.17. The van der Waals surface area contributed by atoms with Crippen molar-refractivity contribution < 1.29 is 4.92 Å². The molecule has 2 rings (SSSR count). The zero-order valence-corrected chi connectivity index (χ0v) is 11.9. The van der Waals surface area contributed by atoms with Crippen molar-refractivity contribution in [2.75, 3.05) is 5.32 Å². The van der Waals surface area contributed by atoms with E-state index in [1.54, 1.807) is 29.7 Å². The molecule has 0 aliphatic rings. The van der Waals surface area contributed by atoms with Crippen LogP contribution in [0.25, 0.3) is 0 Å². The van der Waals surface area contributed by atoms with Crippen molar-refractivity contribution in [1.82, 2.24) is 4.98 Å². The Morgan fingerprint density at radius 2 is 2.33 bits per heavy atom. The van der Waals surface area contributed by atoms with E-state index in [9.17, 15) is 10.1 Å². The Bertz CT molecular complexity index is 585. The number of anilines is 1. The second-order valence-electron chi connectivity index (χ2n) is 3.62. The standard InChI is InChI=1S/C11H10BrN3O2S/c1-7-13-5-9(18-7)6-14-10-4-8(12)2-3-11(10)15(16)17/h2-5,14H,6H2,1H3. The molecule has 0 amide bonds. The average Bonchev–Trinajstić information content (AvgIpc) is 2.72. The van der Waals surface area contributed by atoms with Crippen LogP contribution in [0.4, 0.5) is 11.4 Å². The Morgan fingerprint density at radius 1 is 1.56 bits per heavy atom. The van der Waals surface area contributed by atoms with Crippen LogP contribution in [0.1, 0.15) is 9.88 Å². The number of nitrogens with one attached hydrogen (secondary N) is 1. The zero-order chi connectivity index (χ0) is 13.1. The predicted molar refractivity (Wildman–Crippen MR) is 75.0 cm³/mol. The Morgan fingerprint density at radius 3 is 2.94 bits per heavy atom. The molecule has 7 heteroatoms. The van der Waals surface area contributed by atoms with Gasteiger partial charge in [0.1, 0.15) is 5.69 Å².